The van der Waals surface area contributed by atoms with Crippen molar-refractivity contribution in [3.63, 3.8) is 0 Å². The van der Waals surface area contributed by atoms with Gasteiger partial charge in [0.05, 0.1) is 6.10 Å². The van der Waals surface area contributed by atoms with Gasteiger partial charge < -0.3 is 10.8 Å². The lowest BCUT2D eigenvalue weighted by Gasteiger charge is -2.20. The Morgan fingerprint density at radius 1 is 1.57 bits per heavy atom. The van der Waals surface area contributed by atoms with Crippen LogP contribution in [0.5, 0.6) is 0 Å². The lowest BCUT2D eigenvalue weighted by atomic mass is 9.95. The predicted octanol–water partition coefficient (Wildman–Crippen LogP) is 2.33. The average Bonchev–Trinajstić information content (AvgIpc) is 2.13. The van der Waals surface area contributed by atoms with E-state index in [4.69, 9.17) is 17.3 Å². The van der Waals surface area contributed by atoms with E-state index in [1.54, 1.807) is 0 Å². The van der Waals surface area contributed by atoms with Gasteiger partial charge in [-0.25, -0.2) is 0 Å². The number of aliphatic hydroxyl groups is 1. The smallest absolute Gasteiger partial charge is 0.0826 e. The molecular weight excluding hydrogens is 221 g/mol. The predicted molar refractivity (Wildman–Crippen MR) is 65.2 cm³/mol. The molecule has 14 heavy (non-hydrogen) atoms. The van der Waals surface area contributed by atoms with Gasteiger partial charge in [-0.2, -0.15) is 0 Å². The van der Waals surface area contributed by atoms with E-state index in [-0.39, 0.29) is 24.3 Å². The van der Waals surface area contributed by atoms with E-state index in [0.29, 0.717) is 5.92 Å². The first-order valence-electron chi connectivity index (χ1n) is 4.72. The second kappa shape index (κ2) is 9.78. The molecule has 0 aromatic carbocycles. The van der Waals surface area contributed by atoms with Gasteiger partial charge in [-0.3, -0.25) is 0 Å². The van der Waals surface area contributed by atoms with Gasteiger partial charge in [0.2, 0.25) is 0 Å². The van der Waals surface area contributed by atoms with Crippen LogP contribution in [0.15, 0.2) is 12.7 Å². The molecule has 0 aromatic heterocycles. The van der Waals surface area contributed by atoms with Gasteiger partial charge >= 0.3 is 0 Å². The average molecular weight is 242 g/mol. The molecule has 3 N–H and O–H groups in total. The van der Waals surface area contributed by atoms with E-state index in [0.717, 1.165) is 19.3 Å². The highest BCUT2D eigenvalue weighted by molar-refractivity contribution is 6.18. The fraction of sp³-hybridized carbons (Fsp3) is 0.800. The molecule has 0 aliphatic heterocycles. The molecule has 0 aliphatic carbocycles. The third-order valence-corrected chi connectivity index (χ3v) is 2.51. The molecule has 0 aliphatic rings. The molecule has 0 saturated heterocycles. The maximum absolute atomic E-state index is 9.32. The molecule has 0 spiro atoms. The topological polar surface area (TPSA) is 46.2 Å². The minimum Gasteiger partial charge on any atom is -0.390 e. The van der Waals surface area contributed by atoms with Gasteiger partial charge in [-0.1, -0.05) is 13.0 Å². The first kappa shape index (κ1) is 16.7. The van der Waals surface area contributed by atoms with Crippen LogP contribution >= 0.6 is 24.0 Å². The fourth-order valence-corrected chi connectivity index (χ4v) is 1.49. The van der Waals surface area contributed by atoms with Crippen LogP contribution in [-0.4, -0.2) is 23.1 Å². The van der Waals surface area contributed by atoms with Crippen LogP contribution in [-0.2, 0) is 0 Å². The zero-order chi connectivity index (χ0) is 10.3. The number of rotatable bonds is 7. The number of nitrogens with two attached hydrogens (primary N) is 1. The number of hydrogen-bond donors (Lipinski definition) is 2. The van der Waals surface area contributed by atoms with E-state index in [1.807, 2.05) is 6.08 Å². The van der Waals surface area contributed by atoms with E-state index >= 15 is 0 Å². The lowest BCUT2D eigenvalue weighted by molar-refractivity contribution is 0.153. The second-order valence-corrected chi connectivity index (χ2v) is 3.90. The van der Waals surface area contributed by atoms with Gasteiger partial charge in [0, 0.05) is 11.9 Å². The van der Waals surface area contributed by atoms with Gasteiger partial charge in [0.1, 0.15) is 0 Å². The Kier molecular flexibility index (Phi) is 11.6. The third-order valence-electron chi connectivity index (χ3n) is 2.19. The monoisotopic (exact) mass is 241 g/mol. The van der Waals surface area contributed by atoms with Crippen molar-refractivity contribution in [1.82, 2.24) is 0 Å². The largest absolute Gasteiger partial charge is 0.390 e. The quantitative estimate of drug-likeness (QED) is 0.531. The Morgan fingerprint density at radius 3 is 2.57 bits per heavy atom. The highest BCUT2D eigenvalue weighted by Crippen LogP contribution is 2.14. The van der Waals surface area contributed by atoms with Crippen LogP contribution in [0.25, 0.3) is 0 Å². The zero-order valence-electron chi connectivity index (χ0n) is 8.66. The summed E-state index contributed by atoms with van der Waals surface area (Å²) >= 11 is 5.49. The van der Waals surface area contributed by atoms with Gasteiger partial charge in [0.15, 0.2) is 0 Å². The Morgan fingerprint density at radius 2 is 2.14 bits per heavy atom. The van der Waals surface area contributed by atoms with Crippen LogP contribution < -0.4 is 5.73 Å². The molecule has 0 aromatic rings. The maximum Gasteiger partial charge on any atom is 0.0826 e. The molecular formula is C10H21Cl2NO. The Labute approximate surface area is 97.9 Å². The zero-order valence-corrected chi connectivity index (χ0v) is 10.2. The van der Waals surface area contributed by atoms with Gasteiger partial charge in [0.25, 0.3) is 0 Å². The number of halogens is 2. The Hall–Kier alpha value is 0.240. The summed E-state index contributed by atoms with van der Waals surface area (Å²) < 4.78 is 0. The summed E-state index contributed by atoms with van der Waals surface area (Å²) in [6.07, 6.45) is 4.23. The molecule has 3 unspecified atom stereocenters. The number of aliphatic hydroxyl groups excluding tert-OH is 1. The molecule has 0 bridgehead atoms. The summed E-state index contributed by atoms with van der Waals surface area (Å²) in [4.78, 5) is 0. The van der Waals surface area contributed by atoms with Crippen molar-refractivity contribution >= 4 is 24.0 Å². The standard InChI is InChI=1S/C10H20ClNO.ClH/c1-3-4-5-8(2)6-9(12)10(13)7-11;/h3,8-10,13H,1,4-7,12H2,2H3;1H. The summed E-state index contributed by atoms with van der Waals surface area (Å²) in [6.45, 7) is 5.79. The van der Waals surface area contributed by atoms with E-state index in [9.17, 15) is 5.11 Å². The minimum absolute atomic E-state index is 0. The molecule has 86 valence electrons. The third kappa shape index (κ3) is 7.63. The van der Waals surface area contributed by atoms with Crippen molar-refractivity contribution in [1.29, 1.82) is 0 Å². The van der Waals surface area contributed by atoms with Crippen molar-refractivity contribution in [2.75, 3.05) is 5.88 Å². The first-order chi connectivity index (χ1) is 6.11. The van der Waals surface area contributed by atoms with Crippen molar-refractivity contribution in [2.45, 2.75) is 38.3 Å². The fourth-order valence-electron chi connectivity index (χ4n) is 1.26. The molecule has 0 fully saturated rings. The second-order valence-electron chi connectivity index (χ2n) is 3.59. The summed E-state index contributed by atoms with van der Waals surface area (Å²) in [7, 11) is 0. The van der Waals surface area contributed by atoms with Crippen molar-refractivity contribution in [3.8, 4) is 0 Å². The molecule has 4 heteroatoms. The van der Waals surface area contributed by atoms with Crippen molar-refractivity contribution < 1.29 is 5.11 Å². The van der Waals surface area contributed by atoms with Crippen LogP contribution in [0, 0.1) is 5.92 Å². The number of alkyl halides is 1. The molecule has 0 rings (SSSR count). The highest BCUT2D eigenvalue weighted by atomic mass is 35.5. The summed E-state index contributed by atoms with van der Waals surface area (Å²) in [5.41, 5.74) is 5.74. The Balaban J connectivity index is 0. The lowest BCUT2D eigenvalue weighted by Crippen LogP contribution is -2.37. The molecule has 0 amide bonds. The summed E-state index contributed by atoms with van der Waals surface area (Å²) in [6, 6.07) is -0.197. The number of allylic oxidation sites excluding steroid dienone is 1. The van der Waals surface area contributed by atoms with Crippen LogP contribution in [0.4, 0.5) is 0 Å². The molecule has 0 radical (unpaired) electrons. The number of hydrogen-bond acceptors (Lipinski definition) is 2. The summed E-state index contributed by atoms with van der Waals surface area (Å²) in [5.74, 6) is 0.737. The maximum atomic E-state index is 9.32. The minimum atomic E-state index is -0.576. The van der Waals surface area contributed by atoms with Crippen molar-refractivity contribution in [2.24, 2.45) is 11.7 Å². The van der Waals surface area contributed by atoms with Crippen molar-refractivity contribution in [3.05, 3.63) is 12.7 Å². The summed E-state index contributed by atoms with van der Waals surface area (Å²) in [5, 5.41) is 9.32. The van der Waals surface area contributed by atoms with Crippen LogP contribution in [0.1, 0.15) is 26.2 Å². The molecule has 0 saturated carbocycles. The first-order valence-corrected chi connectivity index (χ1v) is 5.25. The van der Waals surface area contributed by atoms with Crippen LogP contribution in [0.2, 0.25) is 0 Å². The van der Waals surface area contributed by atoms with Gasteiger partial charge in [-0.15, -0.1) is 30.6 Å². The Bertz CT molecular complexity index is 144. The van der Waals surface area contributed by atoms with E-state index < -0.39 is 6.10 Å². The van der Waals surface area contributed by atoms with E-state index in [1.165, 1.54) is 0 Å². The SMILES string of the molecule is C=CCCC(C)CC(N)C(O)CCl.Cl. The van der Waals surface area contributed by atoms with Crippen LogP contribution in [0.3, 0.4) is 0 Å². The molecule has 3 atom stereocenters. The van der Waals surface area contributed by atoms with E-state index in [2.05, 4.69) is 13.5 Å². The highest BCUT2D eigenvalue weighted by Gasteiger charge is 2.16. The molecule has 0 heterocycles. The van der Waals surface area contributed by atoms with Gasteiger partial charge in [-0.05, 0) is 25.2 Å². The normalized spacial score (nSPS) is 16.6. The molecule has 2 nitrogen and oxygen atoms in total.